The van der Waals surface area contributed by atoms with Gasteiger partial charge in [-0.3, -0.25) is 4.79 Å². The number of aromatic hydroxyl groups is 3. The summed E-state index contributed by atoms with van der Waals surface area (Å²) >= 11 is 0. The Balaban J connectivity index is 1.60. The summed E-state index contributed by atoms with van der Waals surface area (Å²) in [5, 5.41) is 81.0. The van der Waals surface area contributed by atoms with Gasteiger partial charge in [-0.15, -0.1) is 0 Å². The molecule has 8 N–H and O–H groups in total. The highest BCUT2D eigenvalue weighted by molar-refractivity contribution is 5.97. The van der Waals surface area contributed by atoms with E-state index in [1.54, 1.807) is 0 Å². The van der Waals surface area contributed by atoms with Crippen LogP contribution < -0.4 is 9.47 Å². The number of phenols is 3. The number of aliphatic hydroxyl groups is 5. The molecule has 16 nitrogen and oxygen atoms in total. The van der Waals surface area contributed by atoms with Crippen molar-refractivity contribution in [3.8, 4) is 28.7 Å². The Labute approximate surface area is 243 Å². The molecule has 2 saturated heterocycles. The van der Waals surface area contributed by atoms with Crippen molar-refractivity contribution in [1.82, 2.24) is 0 Å². The summed E-state index contributed by atoms with van der Waals surface area (Å²) in [6, 6.07) is 5.83. The van der Waals surface area contributed by atoms with E-state index < -0.39 is 103 Å². The van der Waals surface area contributed by atoms with Crippen LogP contribution in [-0.2, 0) is 18.9 Å². The second-order valence-corrected chi connectivity index (χ2v) is 10.0. The first-order chi connectivity index (χ1) is 20.3. The lowest BCUT2D eigenvalue weighted by atomic mass is 9.98. The van der Waals surface area contributed by atoms with Gasteiger partial charge in [0.2, 0.25) is 6.29 Å². The SMILES string of the molecule is COc1ccc(C(C)=O)c(O[C@@H]2O[C@H](CO[C@@H]3OC[C@](O)(CO)[C@H]3O)[C@@H](OC(=O)c3cc(O)c(O)c(O)c3)[C@H](O)[C@H]2O)c1. The maximum absolute atomic E-state index is 12.9. The first-order valence-electron chi connectivity index (χ1n) is 12.9. The smallest absolute Gasteiger partial charge is 0.338 e. The van der Waals surface area contributed by atoms with E-state index in [0.29, 0.717) is 5.75 Å². The quantitative estimate of drug-likeness (QED) is 0.0865. The van der Waals surface area contributed by atoms with Crippen molar-refractivity contribution in [2.24, 2.45) is 0 Å². The van der Waals surface area contributed by atoms with E-state index in [1.165, 1.54) is 32.2 Å². The number of rotatable bonds is 10. The van der Waals surface area contributed by atoms with E-state index in [4.69, 9.17) is 28.4 Å². The molecule has 2 heterocycles. The molecule has 0 amide bonds. The number of carbonyl (C=O) groups excluding carboxylic acids is 2. The van der Waals surface area contributed by atoms with Crippen molar-refractivity contribution in [3.05, 3.63) is 41.5 Å². The lowest BCUT2D eigenvalue weighted by Crippen LogP contribution is -2.61. The molecule has 0 aliphatic carbocycles. The number of ketones is 1. The van der Waals surface area contributed by atoms with Crippen LogP contribution in [0, 0.1) is 0 Å². The largest absolute Gasteiger partial charge is 0.504 e. The third kappa shape index (κ3) is 6.61. The number of ether oxygens (including phenoxy) is 6. The Kier molecular flexibility index (Phi) is 9.63. The maximum atomic E-state index is 12.9. The molecule has 0 saturated carbocycles. The number of carbonyl (C=O) groups is 2. The lowest BCUT2D eigenvalue weighted by Gasteiger charge is -2.42. The van der Waals surface area contributed by atoms with Crippen LogP contribution in [0.25, 0.3) is 0 Å². The average Bonchev–Trinajstić information content (AvgIpc) is 3.27. The summed E-state index contributed by atoms with van der Waals surface area (Å²) in [6.45, 7) is -0.675. The Morgan fingerprint density at radius 2 is 1.70 bits per heavy atom. The molecule has 16 heteroatoms. The van der Waals surface area contributed by atoms with Gasteiger partial charge in [0.25, 0.3) is 0 Å². The van der Waals surface area contributed by atoms with Crippen molar-refractivity contribution in [2.45, 2.75) is 55.6 Å². The van der Waals surface area contributed by atoms with Gasteiger partial charge in [0, 0.05) is 6.07 Å². The topological polar surface area (TPSA) is 251 Å². The molecule has 2 aliphatic rings. The number of aliphatic hydroxyl groups excluding tert-OH is 4. The molecule has 2 aromatic rings. The van der Waals surface area contributed by atoms with Gasteiger partial charge in [0.1, 0.15) is 41.5 Å². The van der Waals surface area contributed by atoms with E-state index in [9.17, 15) is 50.4 Å². The minimum absolute atomic E-state index is 0.0733. The minimum Gasteiger partial charge on any atom is -0.504 e. The number of hydrogen-bond acceptors (Lipinski definition) is 16. The minimum atomic E-state index is -2.02. The monoisotopic (exact) mass is 612 g/mol. The molecule has 236 valence electrons. The molecule has 2 aromatic carbocycles. The summed E-state index contributed by atoms with van der Waals surface area (Å²) in [4.78, 5) is 25.1. The molecular formula is C27H32O16. The number of esters is 1. The molecular weight excluding hydrogens is 580 g/mol. The number of hydrogen-bond donors (Lipinski definition) is 8. The second kappa shape index (κ2) is 12.9. The first-order valence-corrected chi connectivity index (χ1v) is 12.9. The van der Waals surface area contributed by atoms with Gasteiger partial charge in [-0.2, -0.15) is 0 Å². The summed E-state index contributed by atoms with van der Waals surface area (Å²) in [5.41, 5.74) is -2.38. The van der Waals surface area contributed by atoms with E-state index in [1.807, 2.05) is 0 Å². The first kappa shape index (κ1) is 32.2. The van der Waals surface area contributed by atoms with Gasteiger partial charge in [-0.25, -0.2) is 4.79 Å². The number of Topliss-reactive ketones (excluding diaryl/α,β-unsaturated/α-hetero) is 1. The highest BCUT2D eigenvalue weighted by Crippen LogP contribution is 2.37. The predicted molar refractivity (Wildman–Crippen MR) is 139 cm³/mol. The summed E-state index contributed by atoms with van der Waals surface area (Å²) in [7, 11) is 1.37. The van der Waals surface area contributed by atoms with Crippen molar-refractivity contribution in [1.29, 1.82) is 0 Å². The van der Waals surface area contributed by atoms with E-state index in [2.05, 4.69) is 0 Å². The zero-order valence-electron chi connectivity index (χ0n) is 22.9. The highest BCUT2D eigenvalue weighted by atomic mass is 16.7. The van der Waals surface area contributed by atoms with E-state index in [-0.39, 0.29) is 11.3 Å². The Bertz CT molecular complexity index is 1310. The van der Waals surface area contributed by atoms with Gasteiger partial charge in [0.15, 0.2) is 35.4 Å². The number of phenolic OH excluding ortho intramolecular Hbond substituents is 3. The third-order valence-corrected chi connectivity index (χ3v) is 7.00. The van der Waals surface area contributed by atoms with Crippen LogP contribution in [0.2, 0.25) is 0 Å². The van der Waals surface area contributed by atoms with Crippen LogP contribution in [0.3, 0.4) is 0 Å². The normalized spacial score (nSPS) is 30.5. The van der Waals surface area contributed by atoms with Crippen molar-refractivity contribution in [3.63, 3.8) is 0 Å². The predicted octanol–water partition coefficient (Wildman–Crippen LogP) is -1.48. The van der Waals surface area contributed by atoms with E-state index in [0.717, 1.165) is 12.1 Å². The van der Waals surface area contributed by atoms with Crippen LogP contribution in [0.1, 0.15) is 27.6 Å². The van der Waals surface area contributed by atoms with Gasteiger partial charge < -0.3 is 69.3 Å². The van der Waals surface area contributed by atoms with Gasteiger partial charge in [-0.05, 0) is 31.2 Å². The molecule has 2 aliphatic heterocycles. The molecule has 0 bridgehead atoms. The van der Waals surface area contributed by atoms with Crippen LogP contribution in [-0.4, -0.2) is 128 Å². The van der Waals surface area contributed by atoms with Crippen LogP contribution >= 0.6 is 0 Å². The van der Waals surface area contributed by atoms with Crippen molar-refractivity contribution < 1.29 is 78.9 Å². The Morgan fingerprint density at radius 1 is 1.02 bits per heavy atom. The van der Waals surface area contributed by atoms with Crippen molar-refractivity contribution in [2.75, 3.05) is 26.9 Å². The van der Waals surface area contributed by atoms with Gasteiger partial charge in [-0.1, -0.05) is 0 Å². The molecule has 0 unspecified atom stereocenters. The third-order valence-electron chi connectivity index (χ3n) is 7.00. The fourth-order valence-corrected chi connectivity index (χ4v) is 4.46. The standard InChI is InChI=1S/C27H32O16/c1-11(29)14-4-3-13(38-2)7-17(14)41-25-21(34)20(33)22(43-24(36)12-5-15(30)19(32)16(31)6-12)18(42-25)8-39-26-23(35)27(37,9-28)10-40-26/h3-7,18,20-23,25-26,28,30-35,37H,8-10H2,1-2H3/t18-,20-,21-,22-,23+,25-,26-,27-/m1/s1. The number of methoxy groups -OCH3 is 1. The molecule has 0 radical (unpaired) electrons. The van der Waals surface area contributed by atoms with Gasteiger partial charge in [0.05, 0.1) is 38.1 Å². The highest BCUT2D eigenvalue weighted by Gasteiger charge is 2.51. The maximum Gasteiger partial charge on any atom is 0.338 e. The van der Waals surface area contributed by atoms with E-state index >= 15 is 0 Å². The molecule has 4 rings (SSSR count). The lowest BCUT2D eigenvalue weighted by molar-refractivity contribution is -0.288. The fraction of sp³-hybridized carbons (Fsp3) is 0.481. The van der Waals surface area contributed by atoms with Crippen LogP contribution in [0.4, 0.5) is 0 Å². The zero-order valence-corrected chi connectivity index (χ0v) is 22.9. The zero-order chi connectivity index (χ0) is 31.6. The molecule has 0 spiro atoms. The summed E-state index contributed by atoms with van der Waals surface area (Å²) in [5.74, 6) is -3.99. The molecule has 0 aromatic heterocycles. The fourth-order valence-electron chi connectivity index (χ4n) is 4.46. The van der Waals surface area contributed by atoms with Crippen molar-refractivity contribution >= 4 is 11.8 Å². The summed E-state index contributed by atoms with van der Waals surface area (Å²) < 4.78 is 32.8. The van der Waals surface area contributed by atoms with Crippen LogP contribution in [0.15, 0.2) is 30.3 Å². The number of benzene rings is 2. The van der Waals surface area contributed by atoms with Gasteiger partial charge >= 0.3 is 5.97 Å². The average molecular weight is 613 g/mol. The Morgan fingerprint density at radius 3 is 2.28 bits per heavy atom. The molecule has 43 heavy (non-hydrogen) atoms. The van der Waals surface area contributed by atoms with Crippen LogP contribution in [0.5, 0.6) is 28.7 Å². The molecule has 8 atom stereocenters. The molecule has 2 fully saturated rings. The summed E-state index contributed by atoms with van der Waals surface area (Å²) in [6.07, 6.45) is -11.9. The second-order valence-electron chi connectivity index (χ2n) is 10.0. The Hall–Kier alpha value is -3.74.